The number of carbonyl (C=O) groups is 1. The van der Waals surface area contributed by atoms with Gasteiger partial charge < -0.3 is 24.4 Å². The molecule has 1 N–H and O–H groups in total. The molecule has 0 aliphatic carbocycles. The number of methoxy groups -OCH3 is 3. The van der Waals surface area contributed by atoms with Gasteiger partial charge in [0.2, 0.25) is 0 Å². The largest absolute Gasteiger partial charge is 0.497 e. The van der Waals surface area contributed by atoms with Crippen LogP contribution in [-0.4, -0.2) is 39.3 Å². The van der Waals surface area contributed by atoms with Crippen molar-refractivity contribution in [2.75, 3.05) is 38.6 Å². The predicted molar refractivity (Wildman–Crippen MR) is 155 cm³/mol. The Balaban J connectivity index is 1.74. The van der Waals surface area contributed by atoms with E-state index in [9.17, 15) is 9.18 Å². The number of pyridine rings is 1. The fraction of sp³-hybridized carbons (Fsp3) is 0.172. The molecular weight excluding hydrogens is 657 g/mol. The number of aromatic nitrogens is 1. The zero-order chi connectivity index (χ0) is 29.8. The monoisotopic (exact) mass is 681 g/mol. The number of nitrogens with zero attached hydrogens (tertiary/aromatic N) is 2. The quantitative estimate of drug-likeness (QED) is 0.114. The van der Waals surface area contributed by atoms with Crippen LogP contribution in [0, 0.1) is 26.8 Å². The highest BCUT2D eigenvalue weighted by atomic mass is 127. The van der Waals surface area contributed by atoms with E-state index in [1.165, 1.54) is 43.5 Å². The van der Waals surface area contributed by atoms with Gasteiger partial charge in [0, 0.05) is 29.3 Å². The number of carbonyl (C=O) groups excluding carboxylic acids is 1. The molecule has 0 fully saturated rings. The van der Waals surface area contributed by atoms with Crippen LogP contribution in [0.4, 0.5) is 40.4 Å². The first-order valence-corrected chi connectivity index (χ1v) is 13.1. The number of benzene rings is 3. The highest BCUT2D eigenvalue weighted by molar-refractivity contribution is 14.1. The Labute approximate surface area is 247 Å². The summed E-state index contributed by atoms with van der Waals surface area (Å²) in [4.78, 5) is 18.1. The van der Waals surface area contributed by atoms with Gasteiger partial charge in [-0.25, -0.2) is 27.3 Å². The zero-order valence-electron chi connectivity index (χ0n) is 22.3. The smallest absolute Gasteiger partial charge is 0.340 e. The fourth-order valence-electron chi connectivity index (χ4n) is 4.15. The SMILES string of the molecule is COC(=O)c1cc(Cc2ccnc(N(C)c3ccc(OC)cc3OC)c2F)c(F)c(F)c1Nc1ccc(I)cc1F. The minimum absolute atomic E-state index is 0.0205. The van der Waals surface area contributed by atoms with Crippen LogP contribution < -0.4 is 19.7 Å². The second kappa shape index (κ2) is 12.6. The van der Waals surface area contributed by atoms with E-state index in [0.29, 0.717) is 20.8 Å². The van der Waals surface area contributed by atoms with Crippen LogP contribution in [0.5, 0.6) is 11.5 Å². The van der Waals surface area contributed by atoms with Gasteiger partial charge >= 0.3 is 5.97 Å². The Morgan fingerprint density at radius 1 is 0.927 bits per heavy atom. The van der Waals surface area contributed by atoms with Crippen molar-refractivity contribution in [2.45, 2.75) is 6.42 Å². The molecule has 0 bridgehead atoms. The van der Waals surface area contributed by atoms with Gasteiger partial charge in [0.1, 0.15) is 17.3 Å². The van der Waals surface area contributed by atoms with E-state index in [1.54, 1.807) is 31.3 Å². The molecule has 1 heterocycles. The number of rotatable bonds is 9. The first-order chi connectivity index (χ1) is 19.6. The van der Waals surface area contributed by atoms with Crippen molar-refractivity contribution in [3.63, 3.8) is 0 Å². The lowest BCUT2D eigenvalue weighted by atomic mass is 10.00. The number of hydrogen-bond donors (Lipinski definition) is 1. The number of halogens is 5. The van der Waals surface area contributed by atoms with Gasteiger partial charge in [0.05, 0.1) is 44.0 Å². The van der Waals surface area contributed by atoms with Crippen molar-refractivity contribution in [2.24, 2.45) is 0 Å². The number of nitrogens with one attached hydrogen (secondary N) is 1. The third kappa shape index (κ3) is 6.16. The maximum atomic E-state index is 15.7. The van der Waals surface area contributed by atoms with Gasteiger partial charge in [-0.3, -0.25) is 0 Å². The summed E-state index contributed by atoms with van der Waals surface area (Å²) in [6.07, 6.45) is 0.894. The van der Waals surface area contributed by atoms with E-state index in [1.807, 2.05) is 22.6 Å². The summed E-state index contributed by atoms with van der Waals surface area (Å²) in [7, 11) is 5.59. The Kier molecular flexibility index (Phi) is 9.21. The second-order valence-electron chi connectivity index (χ2n) is 8.71. The van der Waals surface area contributed by atoms with Crippen molar-refractivity contribution in [1.29, 1.82) is 0 Å². The van der Waals surface area contributed by atoms with Crippen LogP contribution in [0.3, 0.4) is 0 Å². The molecule has 0 saturated carbocycles. The average molecular weight is 681 g/mol. The zero-order valence-corrected chi connectivity index (χ0v) is 24.5. The lowest BCUT2D eigenvalue weighted by Gasteiger charge is -2.22. The van der Waals surface area contributed by atoms with Crippen LogP contribution in [0.25, 0.3) is 0 Å². The number of anilines is 4. The third-order valence-electron chi connectivity index (χ3n) is 6.28. The van der Waals surface area contributed by atoms with Gasteiger partial charge in [-0.1, -0.05) is 0 Å². The minimum Gasteiger partial charge on any atom is -0.497 e. The average Bonchev–Trinajstić information content (AvgIpc) is 2.97. The van der Waals surface area contributed by atoms with Crippen molar-refractivity contribution in [3.8, 4) is 11.5 Å². The first kappa shape index (κ1) is 29.9. The van der Waals surface area contributed by atoms with E-state index < -0.39 is 46.9 Å². The molecule has 12 heteroatoms. The molecular formula is C29H24F4IN3O4. The van der Waals surface area contributed by atoms with Crippen LogP contribution in [0.1, 0.15) is 21.5 Å². The molecule has 3 aromatic carbocycles. The van der Waals surface area contributed by atoms with Crippen molar-refractivity contribution in [3.05, 3.63) is 98.3 Å². The Morgan fingerprint density at radius 2 is 1.68 bits per heavy atom. The van der Waals surface area contributed by atoms with Crippen molar-refractivity contribution >= 4 is 51.4 Å². The number of esters is 1. The fourth-order valence-corrected chi connectivity index (χ4v) is 4.60. The van der Waals surface area contributed by atoms with Gasteiger partial charge in [-0.05, 0) is 76.2 Å². The standard InChI is InChI=1S/C29H24F4IN3O4/c1-37(22-8-6-18(39-2)14-23(22)40-3)28-25(32)15(9-10-35-28)11-16-12-19(29(38)41-4)27(26(33)24(16)31)36-21-7-5-17(34)13-20(21)30/h5-10,12-14,36H,11H2,1-4H3. The van der Waals surface area contributed by atoms with Crippen LogP contribution in [0.15, 0.2) is 54.7 Å². The first-order valence-electron chi connectivity index (χ1n) is 12.0. The molecule has 41 heavy (non-hydrogen) atoms. The molecule has 1 aromatic heterocycles. The van der Waals surface area contributed by atoms with Crippen molar-refractivity contribution in [1.82, 2.24) is 4.98 Å². The molecule has 0 saturated heterocycles. The lowest BCUT2D eigenvalue weighted by molar-refractivity contribution is 0.0601. The number of ether oxygens (including phenoxy) is 3. The summed E-state index contributed by atoms with van der Waals surface area (Å²) < 4.78 is 76.9. The summed E-state index contributed by atoms with van der Waals surface area (Å²) in [6, 6.07) is 11.4. The summed E-state index contributed by atoms with van der Waals surface area (Å²) in [5.74, 6) is -4.50. The lowest BCUT2D eigenvalue weighted by Crippen LogP contribution is -2.16. The van der Waals surface area contributed by atoms with Crippen LogP contribution >= 0.6 is 22.6 Å². The van der Waals surface area contributed by atoms with Crippen molar-refractivity contribution < 1.29 is 36.6 Å². The highest BCUT2D eigenvalue weighted by Gasteiger charge is 2.26. The van der Waals surface area contributed by atoms with Gasteiger partial charge in [0.15, 0.2) is 23.3 Å². The second-order valence-corrected chi connectivity index (χ2v) is 9.95. The summed E-state index contributed by atoms with van der Waals surface area (Å²) >= 11 is 1.90. The Bertz CT molecular complexity index is 1620. The molecule has 0 aliphatic rings. The molecule has 0 unspecified atom stereocenters. The molecule has 4 rings (SSSR count). The Morgan fingerprint density at radius 3 is 2.34 bits per heavy atom. The molecule has 0 spiro atoms. The number of hydrogen-bond acceptors (Lipinski definition) is 7. The van der Waals surface area contributed by atoms with E-state index in [-0.39, 0.29) is 22.6 Å². The summed E-state index contributed by atoms with van der Waals surface area (Å²) in [6.45, 7) is 0. The van der Waals surface area contributed by atoms with Crippen LogP contribution in [-0.2, 0) is 11.2 Å². The maximum Gasteiger partial charge on any atom is 0.340 e. The molecule has 0 atom stereocenters. The third-order valence-corrected chi connectivity index (χ3v) is 6.95. The van der Waals surface area contributed by atoms with E-state index in [0.717, 1.165) is 13.2 Å². The van der Waals surface area contributed by atoms with E-state index in [4.69, 9.17) is 14.2 Å². The topological polar surface area (TPSA) is 72.9 Å². The molecule has 4 aromatic rings. The highest BCUT2D eigenvalue weighted by Crippen LogP contribution is 2.37. The Hall–Kier alpha value is -4.07. The van der Waals surface area contributed by atoms with Gasteiger partial charge in [-0.2, -0.15) is 0 Å². The molecule has 7 nitrogen and oxygen atoms in total. The normalized spacial score (nSPS) is 10.8. The minimum atomic E-state index is -1.45. The molecule has 0 radical (unpaired) electrons. The molecule has 0 aliphatic heterocycles. The van der Waals surface area contributed by atoms with Gasteiger partial charge in [-0.15, -0.1) is 0 Å². The predicted octanol–water partition coefficient (Wildman–Crippen LogP) is 7.15. The summed E-state index contributed by atoms with van der Waals surface area (Å²) in [5.41, 5.74) is -1.05. The van der Waals surface area contributed by atoms with E-state index >= 15 is 13.2 Å². The van der Waals surface area contributed by atoms with E-state index in [2.05, 4.69) is 10.3 Å². The molecule has 0 amide bonds. The van der Waals surface area contributed by atoms with Crippen LogP contribution in [0.2, 0.25) is 0 Å². The van der Waals surface area contributed by atoms with Gasteiger partial charge in [0.25, 0.3) is 0 Å². The molecule has 214 valence electrons. The summed E-state index contributed by atoms with van der Waals surface area (Å²) in [5, 5.41) is 2.45. The maximum absolute atomic E-state index is 15.7.